The van der Waals surface area contributed by atoms with Gasteiger partial charge in [0, 0.05) is 6.07 Å². The molecule has 2 aromatic heterocycles. The highest BCUT2D eigenvalue weighted by atomic mass is 79.9. The highest BCUT2D eigenvalue weighted by molar-refractivity contribution is 5.65. The Morgan fingerprint density at radius 3 is 2.17 bits per heavy atom. The van der Waals surface area contributed by atoms with Crippen molar-refractivity contribution in [2.24, 2.45) is 7.05 Å². The predicted molar refractivity (Wildman–Crippen MR) is 81.5 cm³/mol. The summed E-state index contributed by atoms with van der Waals surface area (Å²) in [7, 11) is 6.77. The summed E-state index contributed by atoms with van der Waals surface area (Å²) in [6.07, 6.45) is 1.91. The van der Waals surface area contributed by atoms with Gasteiger partial charge < -0.3 is 31.2 Å². The second-order valence-corrected chi connectivity index (χ2v) is 4.80. The van der Waals surface area contributed by atoms with E-state index in [1.165, 1.54) is 0 Å². The highest BCUT2D eigenvalue weighted by Gasteiger charge is 2.22. The topological polar surface area (TPSA) is 48.9 Å². The van der Waals surface area contributed by atoms with Crippen LogP contribution in [-0.2, 0) is 7.05 Å². The number of benzene rings is 1. The predicted octanol–water partition coefficient (Wildman–Crippen LogP) is -1.14. The average Bonchev–Trinajstić information content (AvgIpc) is 2.90. The summed E-state index contributed by atoms with van der Waals surface area (Å²) in [6.45, 7) is 0. The Hall–Kier alpha value is -2.28. The van der Waals surface area contributed by atoms with Gasteiger partial charge in [-0.15, -0.1) is 0 Å². The molecule has 122 valence electrons. The van der Waals surface area contributed by atoms with Crippen molar-refractivity contribution < 1.29 is 35.8 Å². The molecule has 0 unspecified atom stereocenters. The van der Waals surface area contributed by atoms with Gasteiger partial charge in [0.05, 0.1) is 39.0 Å². The molecule has 0 saturated heterocycles. The highest BCUT2D eigenvalue weighted by Crippen LogP contribution is 2.40. The summed E-state index contributed by atoms with van der Waals surface area (Å²) in [4.78, 5) is 0. The number of nitrogens with zero attached hydrogens (tertiary/aromatic N) is 3. The lowest BCUT2D eigenvalue weighted by Crippen LogP contribution is -3.00. The maximum Gasteiger partial charge on any atom is 0.309 e. The van der Waals surface area contributed by atoms with Gasteiger partial charge >= 0.3 is 5.82 Å². The lowest BCUT2D eigenvalue weighted by Gasteiger charge is -2.12. The summed E-state index contributed by atoms with van der Waals surface area (Å²) in [5.41, 5.74) is 1.88. The largest absolute Gasteiger partial charge is 1.00 e. The number of hydrogen-bond donors (Lipinski definition) is 0. The quantitative estimate of drug-likeness (QED) is 0.537. The number of ether oxygens (including phenoxy) is 3. The molecule has 0 bridgehead atoms. The third kappa shape index (κ3) is 2.84. The zero-order valence-corrected chi connectivity index (χ0v) is 15.0. The van der Waals surface area contributed by atoms with Crippen LogP contribution in [0.15, 0.2) is 36.5 Å². The van der Waals surface area contributed by atoms with E-state index in [-0.39, 0.29) is 17.0 Å². The Labute approximate surface area is 145 Å². The molecule has 0 aliphatic carbocycles. The molecular weight excluding hydrogens is 362 g/mol. The number of aromatic nitrogens is 3. The van der Waals surface area contributed by atoms with Crippen LogP contribution < -0.4 is 35.8 Å². The maximum absolute atomic E-state index is 5.41. The Kier molecular flexibility index (Phi) is 5.10. The molecule has 0 amide bonds. The Bertz CT molecular complexity index is 808. The molecule has 7 heteroatoms. The third-order valence-electron chi connectivity index (χ3n) is 3.61. The van der Waals surface area contributed by atoms with Gasteiger partial charge in [0.1, 0.15) is 6.20 Å². The monoisotopic (exact) mass is 379 g/mol. The van der Waals surface area contributed by atoms with E-state index in [1.54, 1.807) is 21.3 Å². The van der Waals surface area contributed by atoms with E-state index in [0.29, 0.717) is 17.2 Å². The summed E-state index contributed by atoms with van der Waals surface area (Å²) < 4.78 is 20.0. The van der Waals surface area contributed by atoms with Crippen LogP contribution in [0.5, 0.6) is 17.2 Å². The minimum Gasteiger partial charge on any atom is -1.00 e. The van der Waals surface area contributed by atoms with Crippen molar-refractivity contribution in [2.45, 2.75) is 0 Å². The molecular formula is C16H18BrN3O3. The van der Waals surface area contributed by atoms with Crippen molar-refractivity contribution in [1.29, 1.82) is 0 Å². The van der Waals surface area contributed by atoms with E-state index in [4.69, 9.17) is 14.2 Å². The molecule has 23 heavy (non-hydrogen) atoms. The molecule has 0 saturated carbocycles. The summed E-state index contributed by atoms with van der Waals surface area (Å²) in [5.74, 6) is 2.59. The molecule has 1 aromatic carbocycles. The number of pyridine rings is 1. The van der Waals surface area contributed by atoms with Gasteiger partial charge in [-0.05, 0) is 18.2 Å². The number of rotatable bonds is 4. The number of aryl methyl sites for hydroxylation is 1. The SMILES string of the molecule is COc1cc(-c2nn3ccccc3[n+]2C)cc(OC)c1OC.[Br-]. The lowest BCUT2D eigenvalue weighted by atomic mass is 10.1. The maximum atomic E-state index is 5.41. The molecule has 0 N–H and O–H groups in total. The number of methoxy groups -OCH3 is 3. The van der Waals surface area contributed by atoms with Gasteiger partial charge in [-0.25, -0.2) is 4.57 Å². The minimum absolute atomic E-state index is 0. The van der Waals surface area contributed by atoms with Gasteiger partial charge in [0.2, 0.25) is 5.75 Å². The van der Waals surface area contributed by atoms with E-state index < -0.39 is 0 Å². The van der Waals surface area contributed by atoms with Gasteiger partial charge in [0.25, 0.3) is 5.65 Å². The molecule has 2 heterocycles. The Morgan fingerprint density at radius 2 is 1.65 bits per heavy atom. The third-order valence-corrected chi connectivity index (χ3v) is 3.61. The summed E-state index contributed by atoms with van der Waals surface area (Å²) in [5, 5.41) is 4.62. The van der Waals surface area contributed by atoms with E-state index >= 15 is 0 Å². The van der Waals surface area contributed by atoms with Gasteiger partial charge in [-0.1, -0.05) is 10.6 Å². The zero-order valence-electron chi connectivity index (χ0n) is 13.4. The van der Waals surface area contributed by atoms with E-state index in [2.05, 4.69) is 5.10 Å². The van der Waals surface area contributed by atoms with Crippen molar-refractivity contribution in [3.63, 3.8) is 0 Å². The summed E-state index contributed by atoms with van der Waals surface area (Å²) in [6, 6.07) is 9.72. The standard InChI is InChI=1S/C16H18N3O3.BrH/c1-18-14-7-5-6-8-19(14)17-16(18)11-9-12(20-2)15(22-4)13(10-11)21-3;/h5-10H,1-4H3;1H/q+1;/p-1. The Morgan fingerprint density at radius 1 is 1.00 bits per heavy atom. The molecule has 6 nitrogen and oxygen atoms in total. The van der Waals surface area contributed by atoms with Crippen LogP contribution in [0, 0.1) is 0 Å². The van der Waals surface area contributed by atoms with Crippen molar-refractivity contribution in [2.75, 3.05) is 21.3 Å². The van der Waals surface area contributed by atoms with Crippen LogP contribution >= 0.6 is 0 Å². The summed E-state index contributed by atoms with van der Waals surface area (Å²) >= 11 is 0. The van der Waals surface area contributed by atoms with Crippen molar-refractivity contribution >= 4 is 5.65 Å². The molecule has 0 radical (unpaired) electrons. The van der Waals surface area contributed by atoms with Crippen molar-refractivity contribution in [1.82, 2.24) is 9.61 Å². The molecule has 3 aromatic rings. The second-order valence-electron chi connectivity index (χ2n) is 4.80. The van der Waals surface area contributed by atoms with E-state index in [0.717, 1.165) is 17.0 Å². The minimum atomic E-state index is 0. The van der Waals surface area contributed by atoms with Crippen LogP contribution in [0.2, 0.25) is 0 Å². The van der Waals surface area contributed by atoms with Crippen molar-refractivity contribution in [3.8, 4) is 28.6 Å². The normalized spacial score (nSPS) is 10.3. The smallest absolute Gasteiger partial charge is 0.309 e. The fraction of sp³-hybridized carbons (Fsp3) is 0.250. The van der Waals surface area contributed by atoms with Crippen LogP contribution in [0.25, 0.3) is 17.0 Å². The fourth-order valence-corrected chi connectivity index (χ4v) is 2.51. The molecule has 0 aliphatic rings. The van der Waals surface area contributed by atoms with Crippen LogP contribution in [-0.4, -0.2) is 30.9 Å². The first kappa shape index (κ1) is 17.1. The Balaban J connectivity index is 0.00000192. The molecule has 0 fully saturated rings. The number of fused-ring (bicyclic) bond motifs is 1. The van der Waals surface area contributed by atoms with Gasteiger partial charge in [0.15, 0.2) is 11.5 Å². The second kappa shape index (κ2) is 6.87. The van der Waals surface area contributed by atoms with Crippen LogP contribution in [0.3, 0.4) is 0 Å². The molecule has 0 spiro atoms. The van der Waals surface area contributed by atoms with Gasteiger partial charge in [-0.3, -0.25) is 0 Å². The zero-order chi connectivity index (χ0) is 15.7. The van der Waals surface area contributed by atoms with Crippen molar-refractivity contribution in [3.05, 3.63) is 36.5 Å². The number of hydrogen-bond acceptors (Lipinski definition) is 4. The van der Waals surface area contributed by atoms with Gasteiger partial charge in [-0.2, -0.15) is 0 Å². The number of halogens is 1. The van der Waals surface area contributed by atoms with E-state index in [1.807, 2.05) is 52.7 Å². The van der Waals surface area contributed by atoms with Crippen LogP contribution in [0.1, 0.15) is 0 Å². The first-order valence-corrected chi connectivity index (χ1v) is 6.83. The van der Waals surface area contributed by atoms with E-state index in [9.17, 15) is 0 Å². The first-order chi connectivity index (χ1) is 10.7. The molecule has 3 rings (SSSR count). The average molecular weight is 380 g/mol. The fourth-order valence-electron chi connectivity index (χ4n) is 2.51. The van der Waals surface area contributed by atoms with Crippen LogP contribution in [0.4, 0.5) is 0 Å². The first-order valence-electron chi connectivity index (χ1n) is 6.83. The lowest BCUT2D eigenvalue weighted by molar-refractivity contribution is -0.634. The molecule has 0 atom stereocenters. The molecule has 0 aliphatic heterocycles.